The van der Waals surface area contributed by atoms with E-state index in [0.717, 1.165) is 54.6 Å². The second-order valence-electron chi connectivity index (χ2n) is 8.22. The molecule has 3 N–H and O–H groups in total. The summed E-state index contributed by atoms with van der Waals surface area (Å²) in [5.41, 5.74) is 3.08. The van der Waals surface area contributed by atoms with Crippen LogP contribution in [0, 0.1) is 16.7 Å². The molecule has 3 aromatic rings. The van der Waals surface area contributed by atoms with Gasteiger partial charge in [0.1, 0.15) is 5.75 Å². The Hall–Kier alpha value is -3.88. The molecule has 0 atom stereocenters. The van der Waals surface area contributed by atoms with Crippen molar-refractivity contribution in [1.29, 1.82) is 10.8 Å². The topological polar surface area (TPSA) is 122 Å². The Morgan fingerprint density at radius 2 is 1.68 bits per heavy atom. The highest BCUT2D eigenvalue weighted by Gasteiger charge is 2.21. The van der Waals surface area contributed by atoms with Crippen LogP contribution in [0.3, 0.4) is 0 Å². The molecule has 2 aromatic carbocycles. The SMILES string of the molecule is COc1ccc2c(c1)n(C)c(=O)n2C.N=COC(=N)c1ccc(NC(=O)C2CCCCC2)cc1. The van der Waals surface area contributed by atoms with Gasteiger partial charge in [-0.15, -0.1) is 0 Å². The van der Waals surface area contributed by atoms with Gasteiger partial charge in [0, 0.05) is 37.3 Å². The quantitative estimate of drug-likeness (QED) is 0.389. The fourth-order valence-electron chi connectivity index (χ4n) is 4.05. The number of hydrogen-bond donors (Lipinski definition) is 3. The van der Waals surface area contributed by atoms with E-state index in [1.54, 1.807) is 54.6 Å². The van der Waals surface area contributed by atoms with E-state index in [2.05, 4.69) is 10.1 Å². The number of amides is 1. The Labute approximate surface area is 198 Å². The van der Waals surface area contributed by atoms with Crippen LogP contribution in [-0.4, -0.2) is 34.4 Å². The number of carbonyl (C=O) groups is 1. The fraction of sp³-hybridized carbons (Fsp3) is 0.360. The molecule has 1 aliphatic rings. The molecule has 1 aliphatic carbocycles. The van der Waals surface area contributed by atoms with Gasteiger partial charge in [0.25, 0.3) is 0 Å². The average Bonchev–Trinajstić information content (AvgIpc) is 3.08. The number of ether oxygens (including phenoxy) is 2. The van der Waals surface area contributed by atoms with Gasteiger partial charge in [-0.25, -0.2) is 4.79 Å². The molecule has 1 amide bonds. The molecule has 1 heterocycles. The minimum atomic E-state index is -0.0786. The summed E-state index contributed by atoms with van der Waals surface area (Å²) >= 11 is 0. The highest BCUT2D eigenvalue weighted by molar-refractivity contribution is 5.96. The van der Waals surface area contributed by atoms with Crippen molar-refractivity contribution in [3.8, 4) is 5.75 Å². The minimum Gasteiger partial charge on any atom is -0.497 e. The molecule has 9 nitrogen and oxygen atoms in total. The van der Waals surface area contributed by atoms with E-state index >= 15 is 0 Å². The van der Waals surface area contributed by atoms with Gasteiger partial charge in [0.15, 0.2) is 6.40 Å². The molecule has 0 unspecified atom stereocenters. The van der Waals surface area contributed by atoms with Crippen molar-refractivity contribution < 1.29 is 14.3 Å². The number of aryl methyl sites for hydroxylation is 2. The monoisotopic (exact) mass is 465 g/mol. The first-order valence-corrected chi connectivity index (χ1v) is 11.2. The van der Waals surface area contributed by atoms with Crippen molar-refractivity contribution in [2.24, 2.45) is 20.0 Å². The highest BCUT2D eigenvalue weighted by atomic mass is 16.5. The van der Waals surface area contributed by atoms with Crippen LogP contribution in [0.1, 0.15) is 37.7 Å². The molecule has 1 fully saturated rings. The van der Waals surface area contributed by atoms with Gasteiger partial charge in [0.05, 0.1) is 18.1 Å². The van der Waals surface area contributed by atoms with Gasteiger partial charge in [-0.3, -0.25) is 24.7 Å². The first-order chi connectivity index (χ1) is 16.3. The molecule has 0 saturated heterocycles. The van der Waals surface area contributed by atoms with E-state index in [4.69, 9.17) is 15.6 Å². The molecular formula is C25H31N5O4. The summed E-state index contributed by atoms with van der Waals surface area (Å²) in [5.74, 6) is 0.898. The number of nitrogens with one attached hydrogen (secondary N) is 3. The fourth-order valence-corrected chi connectivity index (χ4v) is 4.05. The number of imidazole rings is 1. The summed E-state index contributed by atoms with van der Waals surface area (Å²) in [7, 11) is 5.13. The van der Waals surface area contributed by atoms with Crippen molar-refractivity contribution >= 4 is 34.9 Å². The van der Waals surface area contributed by atoms with Crippen molar-refractivity contribution in [1.82, 2.24) is 9.13 Å². The Morgan fingerprint density at radius 3 is 2.29 bits per heavy atom. The standard InChI is InChI=1S/C15H19N3O2.C10H12N2O2/c16-10-20-14(17)11-6-8-13(9-7-11)18-15(19)12-4-2-1-3-5-12;1-11-8-5-4-7(14-3)6-9(8)12(2)10(11)13/h6-10,12,16-17H,1-5H2,(H,18,19);4-6H,1-3H3. The van der Waals surface area contributed by atoms with E-state index in [1.165, 1.54) is 6.42 Å². The van der Waals surface area contributed by atoms with Crippen LogP contribution in [0.15, 0.2) is 47.3 Å². The van der Waals surface area contributed by atoms with Gasteiger partial charge in [0.2, 0.25) is 11.8 Å². The van der Waals surface area contributed by atoms with Gasteiger partial charge in [-0.05, 0) is 49.2 Å². The number of benzene rings is 2. The molecule has 0 aliphatic heterocycles. The summed E-state index contributed by atoms with van der Waals surface area (Å²) in [4.78, 5) is 23.7. The van der Waals surface area contributed by atoms with E-state index < -0.39 is 0 Å². The third kappa shape index (κ3) is 5.72. The van der Waals surface area contributed by atoms with Crippen molar-refractivity contribution in [3.63, 3.8) is 0 Å². The molecule has 4 rings (SSSR count). The number of nitrogens with zero attached hydrogens (tertiary/aromatic N) is 2. The Morgan fingerprint density at radius 1 is 1.03 bits per heavy atom. The predicted molar refractivity (Wildman–Crippen MR) is 133 cm³/mol. The van der Waals surface area contributed by atoms with Crippen LogP contribution in [0.25, 0.3) is 11.0 Å². The van der Waals surface area contributed by atoms with Crippen molar-refractivity contribution in [2.45, 2.75) is 32.1 Å². The first kappa shape index (κ1) is 24.8. The smallest absolute Gasteiger partial charge is 0.328 e. The van der Waals surface area contributed by atoms with Crippen LogP contribution in [0.4, 0.5) is 5.69 Å². The maximum atomic E-state index is 12.1. The molecule has 0 bridgehead atoms. The lowest BCUT2D eigenvalue weighted by Crippen LogP contribution is -2.24. The van der Waals surface area contributed by atoms with Crippen LogP contribution < -0.4 is 15.7 Å². The number of methoxy groups -OCH3 is 1. The Bertz CT molecular complexity index is 1220. The zero-order valence-electron chi connectivity index (χ0n) is 19.8. The van der Waals surface area contributed by atoms with Crippen molar-refractivity contribution in [2.75, 3.05) is 12.4 Å². The van der Waals surface area contributed by atoms with Crippen LogP contribution in [-0.2, 0) is 23.6 Å². The predicted octanol–water partition coefficient (Wildman–Crippen LogP) is 4.04. The number of carbonyl (C=O) groups excluding carboxylic acids is 1. The van der Waals surface area contributed by atoms with Gasteiger partial charge in [-0.1, -0.05) is 19.3 Å². The lowest BCUT2D eigenvalue weighted by atomic mass is 9.88. The second kappa shape index (κ2) is 11.3. The van der Waals surface area contributed by atoms with E-state index in [1.807, 2.05) is 18.2 Å². The maximum Gasteiger partial charge on any atom is 0.328 e. The molecule has 180 valence electrons. The number of aromatic nitrogens is 2. The Balaban J connectivity index is 0.000000202. The number of fused-ring (bicyclic) bond motifs is 1. The molecule has 9 heteroatoms. The lowest BCUT2D eigenvalue weighted by molar-refractivity contribution is -0.120. The summed E-state index contributed by atoms with van der Waals surface area (Å²) in [5, 5.41) is 17.2. The molecular weight excluding hydrogens is 434 g/mol. The van der Waals surface area contributed by atoms with E-state index in [-0.39, 0.29) is 23.4 Å². The third-order valence-corrected chi connectivity index (χ3v) is 6.05. The second-order valence-corrected chi connectivity index (χ2v) is 8.22. The highest BCUT2D eigenvalue weighted by Crippen LogP contribution is 2.25. The normalized spacial score (nSPS) is 13.5. The van der Waals surface area contributed by atoms with Gasteiger partial charge < -0.3 is 14.8 Å². The zero-order chi connectivity index (χ0) is 24.7. The summed E-state index contributed by atoms with van der Waals surface area (Å²) in [6.07, 6.45) is 6.17. The number of hydrogen-bond acceptors (Lipinski definition) is 6. The van der Waals surface area contributed by atoms with Crippen LogP contribution in [0.2, 0.25) is 0 Å². The molecule has 0 radical (unpaired) electrons. The first-order valence-electron chi connectivity index (χ1n) is 11.2. The van der Waals surface area contributed by atoms with Crippen LogP contribution in [0.5, 0.6) is 5.75 Å². The third-order valence-electron chi connectivity index (χ3n) is 6.05. The van der Waals surface area contributed by atoms with E-state index in [9.17, 15) is 9.59 Å². The lowest BCUT2D eigenvalue weighted by Gasteiger charge is -2.20. The molecule has 1 aromatic heterocycles. The zero-order valence-corrected chi connectivity index (χ0v) is 19.8. The molecule has 34 heavy (non-hydrogen) atoms. The number of anilines is 1. The van der Waals surface area contributed by atoms with Gasteiger partial charge in [-0.2, -0.15) is 0 Å². The summed E-state index contributed by atoms with van der Waals surface area (Å²) < 4.78 is 13.0. The van der Waals surface area contributed by atoms with Gasteiger partial charge >= 0.3 is 5.69 Å². The number of rotatable bonds is 5. The van der Waals surface area contributed by atoms with Crippen LogP contribution >= 0.6 is 0 Å². The van der Waals surface area contributed by atoms with Crippen molar-refractivity contribution in [3.05, 3.63) is 58.5 Å². The molecule has 0 spiro atoms. The average molecular weight is 466 g/mol. The van der Waals surface area contributed by atoms with E-state index in [0.29, 0.717) is 5.56 Å². The minimum absolute atomic E-state index is 0.0201. The maximum absolute atomic E-state index is 12.1. The Kier molecular flexibility index (Phi) is 8.24. The summed E-state index contributed by atoms with van der Waals surface area (Å²) in [6, 6.07) is 12.5. The summed E-state index contributed by atoms with van der Waals surface area (Å²) in [6.45, 7) is 0. The largest absolute Gasteiger partial charge is 0.497 e. The molecule has 1 saturated carbocycles.